The number of benzene rings is 2. The van der Waals surface area contributed by atoms with Crippen molar-refractivity contribution in [1.82, 2.24) is 25.1 Å². The van der Waals surface area contributed by atoms with Gasteiger partial charge in [0.15, 0.2) is 0 Å². The highest BCUT2D eigenvalue weighted by molar-refractivity contribution is 7.99. The number of hydrogen-bond donors (Lipinski definition) is 0. The lowest BCUT2D eigenvalue weighted by molar-refractivity contribution is -0.129. The molecule has 1 heterocycles. The van der Waals surface area contributed by atoms with Crippen LogP contribution in [0.25, 0.3) is 5.69 Å². The summed E-state index contributed by atoms with van der Waals surface area (Å²) in [6.45, 7) is 4.08. The molecule has 4 rings (SSSR count). The van der Waals surface area contributed by atoms with Crippen LogP contribution in [0.2, 0.25) is 0 Å². The maximum Gasteiger partial charge on any atom is 0.233 e. The summed E-state index contributed by atoms with van der Waals surface area (Å²) >= 11 is 1.38. The van der Waals surface area contributed by atoms with Gasteiger partial charge in [-0.3, -0.25) is 4.79 Å². The maximum atomic E-state index is 13.0. The van der Waals surface area contributed by atoms with Crippen LogP contribution in [0.3, 0.4) is 0 Å². The molecule has 0 spiro atoms. The van der Waals surface area contributed by atoms with Crippen molar-refractivity contribution >= 4 is 17.7 Å². The number of nitrogens with zero attached hydrogens (tertiary/aromatic N) is 5. The molecule has 1 aliphatic rings. The molecule has 1 aliphatic carbocycles. The molecule has 29 heavy (non-hydrogen) atoms. The lowest BCUT2D eigenvalue weighted by Crippen LogP contribution is -2.34. The van der Waals surface area contributed by atoms with Crippen LogP contribution in [0, 0.1) is 13.8 Å². The van der Waals surface area contributed by atoms with Crippen molar-refractivity contribution in [1.29, 1.82) is 0 Å². The van der Waals surface area contributed by atoms with Crippen LogP contribution in [0.15, 0.2) is 47.6 Å². The molecular weight excluding hydrogens is 382 g/mol. The Labute approximate surface area is 175 Å². The van der Waals surface area contributed by atoms with E-state index < -0.39 is 0 Å². The van der Waals surface area contributed by atoms with Crippen LogP contribution >= 0.6 is 11.8 Å². The first-order valence-electron chi connectivity index (χ1n) is 9.87. The molecule has 3 aromatic rings. The molecule has 0 bridgehead atoms. The highest BCUT2D eigenvalue weighted by atomic mass is 32.2. The largest absolute Gasteiger partial charge is 0.338 e. The van der Waals surface area contributed by atoms with E-state index in [4.69, 9.17) is 0 Å². The molecular formula is C22H25N5OS. The fourth-order valence-electron chi connectivity index (χ4n) is 4.08. The Morgan fingerprint density at radius 1 is 1.17 bits per heavy atom. The average Bonchev–Trinajstić information content (AvgIpc) is 3.19. The predicted molar refractivity (Wildman–Crippen MR) is 114 cm³/mol. The normalized spacial score (nSPS) is 15.8. The topological polar surface area (TPSA) is 63.9 Å². The van der Waals surface area contributed by atoms with E-state index >= 15 is 0 Å². The first-order valence-corrected chi connectivity index (χ1v) is 10.9. The van der Waals surface area contributed by atoms with Crippen molar-refractivity contribution in [3.8, 4) is 5.69 Å². The zero-order valence-corrected chi connectivity index (χ0v) is 17.8. The van der Waals surface area contributed by atoms with Gasteiger partial charge in [-0.05, 0) is 65.8 Å². The number of carbonyl (C=O) groups excluding carboxylic acids is 1. The maximum absolute atomic E-state index is 13.0. The number of aromatic nitrogens is 4. The van der Waals surface area contributed by atoms with Crippen LogP contribution in [0.4, 0.5) is 0 Å². The summed E-state index contributed by atoms with van der Waals surface area (Å²) in [7, 11) is 1.91. The highest BCUT2D eigenvalue weighted by Gasteiger charge is 2.27. The Morgan fingerprint density at radius 2 is 1.93 bits per heavy atom. The van der Waals surface area contributed by atoms with Gasteiger partial charge in [-0.1, -0.05) is 54.2 Å². The Hall–Kier alpha value is -2.67. The minimum absolute atomic E-state index is 0.0905. The summed E-state index contributed by atoms with van der Waals surface area (Å²) < 4.78 is 1.73. The molecule has 0 saturated carbocycles. The van der Waals surface area contributed by atoms with Gasteiger partial charge in [-0.15, -0.1) is 5.10 Å². The molecule has 0 radical (unpaired) electrons. The van der Waals surface area contributed by atoms with E-state index in [0.29, 0.717) is 10.9 Å². The van der Waals surface area contributed by atoms with Crippen molar-refractivity contribution < 1.29 is 4.79 Å². The monoisotopic (exact) mass is 407 g/mol. The van der Waals surface area contributed by atoms with Gasteiger partial charge in [0.2, 0.25) is 11.1 Å². The Balaban J connectivity index is 1.49. The lowest BCUT2D eigenvalue weighted by Gasteiger charge is -2.33. The highest BCUT2D eigenvalue weighted by Crippen LogP contribution is 2.34. The molecule has 0 fully saturated rings. The van der Waals surface area contributed by atoms with Crippen molar-refractivity contribution in [2.75, 3.05) is 12.8 Å². The quantitative estimate of drug-likeness (QED) is 0.600. The third-order valence-corrected chi connectivity index (χ3v) is 6.52. The van der Waals surface area contributed by atoms with E-state index in [2.05, 4.69) is 39.8 Å². The van der Waals surface area contributed by atoms with Gasteiger partial charge >= 0.3 is 0 Å². The number of thioether (sulfide) groups is 1. The molecule has 1 unspecified atom stereocenters. The number of amides is 1. The molecule has 7 heteroatoms. The van der Waals surface area contributed by atoms with Crippen LogP contribution in [0.1, 0.15) is 41.1 Å². The van der Waals surface area contributed by atoms with Gasteiger partial charge in [0.1, 0.15) is 0 Å². The van der Waals surface area contributed by atoms with Crippen LogP contribution in [-0.2, 0) is 11.2 Å². The van der Waals surface area contributed by atoms with Gasteiger partial charge in [0.05, 0.1) is 17.5 Å². The molecule has 150 valence electrons. The second-order valence-electron chi connectivity index (χ2n) is 7.51. The van der Waals surface area contributed by atoms with E-state index in [0.717, 1.165) is 36.1 Å². The van der Waals surface area contributed by atoms with Gasteiger partial charge in [-0.25, -0.2) is 0 Å². The molecule has 1 atom stereocenters. The van der Waals surface area contributed by atoms with Crippen molar-refractivity contribution in [2.24, 2.45) is 0 Å². The fraction of sp³-hybridized carbons (Fsp3) is 0.364. The summed E-state index contributed by atoms with van der Waals surface area (Å²) in [6.07, 6.45) is 3.20. The zero-order valence-electron chi connectivity index (χ0n) is 17.0. The summed E-state index contributed by atoms with van der Waals surface area (Å²) in [6, 6.07) is 14.7. The number of para-hydroxylation sites is 1. The Morgan fingerprint density at radius 3 is 2.72 bits per heavy atom. The number of hydrogen-bond acceptors (Lipinski definition) is 5. The van der Waals surface area contributed by atoms with Crippen LogP contribution < -0.4 is 0 Å². The third-order valence-electron chi connectivity index (χ3n) is 5.62. The Kier molecular flexibility index (Phi) is 5.67. The van der Waals surface area contributed by atoms with Crippen molar-refractivity contribution in [2.45, 2.75) is 44.3 Å². The number of fused-ring (bicyclic) bond motifs is 1. The SMILES string of the molecule is Cc1cccc(C)c1-n1nnnc1SCC(=O)N(C)C1CCCc2ccccc21. The van der Waals surface area contributed by atoms with E-state index in [1.807, 2.05) is 44.0 Å². The van der Waals surface area contributed by atoms with Crippen LogP contribution in [0.5, 0.6) is 0 Å². The molecule has 0 N–H and O–H groups in total. The van der Waals surface area contributed by atoms with Gasteiger partial charge in [0, 0.05) is 7.05 Å². The standard InChI is InChI=1S/C22H25N5OS/c1-15-8-6-9-16(2)21(15)27-22(23-24-25-27)29-14-20(28)26(3)19-13-7-11-17-10-4-5-12-18(17)19/h4-6,8-10,12,19H,7,11,13-14H2,1-3H3. The summed E-state index contributed by atoms with van der Waals surface area (Å²) in [5, 5.41) is 12.8. The van der Waals surface area contributed by atoms with Crippen LogP contribution in [-0.4, -0.2) is 43.8 Å². The predicted octanol–water partition coefficient (Wildman–Crippen LogP) is 3.91. The third kappa shape index (κ3) is 3.92. The van der Waals surface area contributed by atoms with Crippen molar-refractivity contribution in [3.63, 3.8) is 0 Å². The Bertz CT molecular complexity index is 1010. The minimum Gasteiger partial charge on any atom is -0.338 e. The van der Waals surface area contributed by atoms with Gasteiger partial charge < -0.3 is 4.90 Å². The second-order valence-corrected chi connectivity index (χ2v) is 8.46. The van der Waals surface area contributed by atoms with Gasteiger partial charge in [0.25, 0.3) is 0 Å². The van der Waals surface area contributed by atoms with Gasteiger partial charge in [-0.2, -0.15) is 4.68 Å². The van der Waals surface area contributed by atoms with E-state index in [9.17, 15) is 4.79 Å². The zero-order chi connectivity index (χ0) is 20.4. The summed E-state index contributed by atoms with van der Waals surface area (Å²) in [4.78, 5) is 14.8. The molecule has 0 saturated heterocycles. The number of aryl methyl sites for hydroxylation is 3. The van der Waals surface area contributed by atoms with E-state index in [1.54, 1.807) is 4.68 Å². The van der Waals surface area contributed by atoms with Crippen molar-refractivity contribution in [3.05, 3.63) is 64.7 Å². The summed E-state index contributed by atoms with van der Waals surface area (Å²) in [5.41, 5.74) is 5.81. The molecule has 2 aromatic carbocycles. The van der Waals surface area contributed by atoms with E-state index in [-0.39, 0.29) is 11.9 Å². The second kappa shape index (κ2) is 8.37. The smallest absolute Gasteiger partial charge is 0.233 e. The first-order chi connectivity index (χ1) is 14.1. The fourth-order valence-corrected chi connectivity index (χ4v) is 4.88. The molecule has 1 amide bonds. The van der Waals surface area contributed by atoms with E-state index in [1.165, 1.54) is 22.9 Å². The molecule has 1 aromatic heterocycles. The molecule has 0 aliphatic heterocycles. The number of tetrazole rings is 1. The first kappa shape index (κ1) is 19.6. The molecule has 6 nitrogen and oxygen atoms in total. The number of carbonyl (C=O) groups is 1. The lowest BCUT2D eigenvalue weighted by atomic mass is 9.87. The minimum atomic E-state index is 0.0905. The average molecular weight is 408 g/mol. The number of rotatable bonds is 5. The summed E-state index contributed by atoms with van der Waals surface area (Å²) in [5.74, 6) is 0.397.